The minimum atomic E-state index is -0.803. The van der Waals surface area contributed by atoms with Gasteiger partial charge in [-0.3, -0.25) is 4.79 Å². The van der Waals surface area contributed by atoms with Crippen LogP contribution >= 0.6 is 15.9 Å². The maximum atomic E-state index is 11.9. The van der Waals surface area contributed by atoms with Gasteiger partial charge in [-0.05, 0) is 37.6 Å². The highest BCUT2D eigenvalue weighted by Gasteiger charge is 2.46. The van der Waals surface area contributed by atoms with Crippen LogP contribution in [0.15, 0.2) is 22.7 Å². The molecule has 0 aliphatic carbocycles. The Labute approximate surface area is 115 Å². The van der Waals surface area contributed by atoms with Gasteiger partial charge in [0.15, 0.2) is 0 Å². The van der Waals surface area contributed by atoms with Crippen molar-refractivity contribution in [3.05, 3.63) is 28.2 Å². The van der Waals surface area contributed by atoms with Crippen LogP contribution in [0.1, 0.15) is 32.4 Å². The van der Waals surface area contributed by atoms with Crippen LogP contribution < -0.4 is 10.6 Å². The van der Waals surface area contributed by atoms with Gasteiger partial charge in [0.1, 0.15) is 0 Å². The maximum Gasteiger partial charge on any atom is 0.224 e. The molecule has 2 unspecified atom stereocenters. The monoisotopic (exact) mass is 312 g/mol. The molecule has 2 atom stereocenters. The normalized spacial score (nSPS) is 25.8. The molecule has 1 aliphatic rings. The van der Waals surface area contributed by atoms with Crippen molar-refractivity contribution in [2.24, 2.45) is 5.73 Å². The molecule has 0 bridgehead atoms. The number of aliphatic hydroxyl groups excluding tert-OH is 1. The van der Waals surface area contributed by atoms with E-state index in [4.69, 9.17) is 5.73 Å². The number of nitrogens with two attached hydrogens (primary N) is 1. The molecule has 1 heterocycles. The zero-order valence-electron chi connectivity index (χ0n) is 10.6. The van der Waals surface area contributed by atoms with Gasteiger partial charge in [0.2, 0.25) is 5.91 Å². The van der Waals surface area contributed by atoms with Gasteiger partial charge in [-0.15, -0.1) is 0 Å². The van der Waals surface area contributed by atoms with Crippen LogP contribution in [0.4, 0.5) is 5.69 Å². The molecule has 1 aromatic carbocycles. The lowest BCUT2D eigenvalue weighted by molar-refractivity contribution is -0.119. The van der Waals surface area contributed by atoms with Crippen molar-refractivity contribution in [2.45, 2.75) is 38.5 Å². The average Bonchev–Trinajstić information content (AvgIpc) is 2.27. The summed E-state index contributed by atoms with van der Waals surface area (Å²) in [6.07, 6.45) is -0.803. The van der Waals surface area contributed by atoms with E-state index in [9.17, 15) is 9.90 Å². The average molecular weight is 313 g/mol. The Kier molecular flexibility index (Phi) is 3.25. The van der Waals surface area contributed by atoms with Crippen LogP contribution in [0.2, 0.25) is 0 Å². The van der Waals surface area contributed by atoms with Gasteiger partial charge in [-0.25, -0.2) is 0 Å². The Morgan fingerprint density at radius 1 is 1.50 bits per heavy atom. The van der Waals surface area contributed by atoms with Crippen LogP contribution in [-0.4, -0.2) is 22.7 Å². The predicted octanol–water partition coefficient (Wildman–Crippen LogP) is 1.95. The molecule has 1 amide bonds. The first-order valence-corrected chi connectivity index (χ1v) is 6.60. The SMILES string of the molecule is CC(=O)N1c2ccc(Br)cc2C(N)C(O)C1(C)C. The number of carbonyl (C=O) groups is 1. The van der Waals surface area contributed by atoms with E-state index in [1.165, 1.54) is 6.92 Å². The van der Waals surface area contributed by atoms with E-state index in [-0.39, 0.29) is 5.91 Å². The molecule has 0 saturated carbocycles. The van der Waals surface area contributed by atoms with Crippen molar-refractivity contribution in [1.29, 1.82) is 0 Å². The summed E-state index contributed by atoms with van der Waals surface area (Å²) in [6.45, 7) is 5.14. The Bertz CT molecular complexity index is 502. The molecular weight excluding hydrogens is 296 g/mol. The lowest BCUT2D eigenvalue weighted by Gasteiger charge is -2.48. The first-order valence-electron chi connectivity index (χ1n) is 5.80. The smallest absolute Gasteiger partial charge is 0.224 e. The molecule has 2 rings (SSSR count). The fraction of sp³-hybridized carbons (Fsp3) is 0.462. The van der Waals surface area contributed by atoms with Gasteiger partial charge in [0, 0.05) is 17.1 Å². The van der Waals surface area contributed by atoms with Crippen molar-refractivity contribution in [3.8, 4) is 0 Å². The van der Waals surface area contributed by atoms with E-state index in [0.717, 1.165) is 15.7 Å². The molecule has 4 nitrogen and oxygen atoms in total. The van der Waals surface area contributed by atoms with Crippen LogP contribution in [0.25, 0.3) is 0 Å². The topological polar surface area (TPSA) is 66.6 Å². The Morgan fingerprint density at radius 2 is 2.11 bits per heavy atom. The van der Waals surface area contributed by atoms with Gasteiger partial charge in [-0.1, -0.05) is 15.9 Å². The van der Waals surface area contributed by atoms with Gasteiger partial charge < -0.3 is 15.7 Å². The summed E-state index contributed by atoms with van der Waals surface area (Å²) in [4.78, 5) is 13.5. The molecule has 18 heavy (non-hydrogen) atoms. The second-order valence-corrected chi connectivity index (χ2v) is 6.10. The highest BCUT2D eigenvalue weighted by molar-refractivity contribution is 9.10. The number of hydrogen-bond acceptors (Lipinski definition) is 3. The van der Waals surface area contributed by atoms with Crippen LogP contribution in [0.5, 0.6) is 0 Å². The van der Waals surface area contributed by atoms with Crippen LogP contribution in [0, 0.1) is 0 Å². The van der Waals surface area contributed by atoms with Crippen molar-refractivity contribution >= 4 is 27.5 Å². The predicted molar refractivity (Wildman–Crippen MR) is 74.3 cm³/mol. The van der Waals surface area contributed by atoms with Crippen molar-refractivity contribution in [2.75, 3.05) is 4.90 Å². The fourth-order valence-electron chi connectivity index (χ4n) is 2.62. The van der Waals surface area contributed by atoms with E-state index in [1.807, 2.05) is 32.0 Å². The molecule has 0 saturated heterocycles. The Balaban J connectivity index is 2.68. The molecule has 1 aliphatic heterocycles. The van der Waals surface area contributed by atoms with E-state index in [2.05, 4.69) is 15.9 Å². The highest BCUT2D eigenvalue weighted by Crippen LogP contribution is 2.42. The number of benzene rings is 1. The summed E-state index contributed by atoms with van der Waals surface area (Å²) >= 11 is 3.38. The van der Waals surface area contributed by atoms with Gasteiger partial charge in [-0.2, -0.15) is 0 Å². The van der Waals surface area contributed by atoms with Gasteiger partial charge >= 0.3 is 0 Å². The van der Waals surface area contributed by atoms with E-state index in [1.54, 1.807) is 4.90 Å². The fourth-order valence-corrected chi connectivity index (χ4v) is 3.00. The van der Waals surface area contributed by atoms with E-state index < -0.39 is 17.7 Å². The standard InChI is InChI=1S/C13H17BrN2O2/c1-7(17)16-10-5-4-8(14)6-9(10)11(15)12(18)13(16,2)3/h4-6,11-12,18H,15H2,1-3H3. The Hall–Kier alpha value is -0.910. The summed E-state index contributed by atoms with van der Waals surface area (Å²) in [5.41, 5.74) is 6.93. The summed E-state index contributed by atoms with van der Waals surface area (Å²) in [5.74, 6) is -0.102. The molecule has 1 aromatic rings. The summed E-state index contributed by atoms with van der Waals surface area (Å²) in [7, 11) is 0. The minimum Gasteiger partial charge on any atom is -0.389 e. The Morgan fingerprint density at radius 3 is 2.67 bits per heavy atom. The molecule has 98 valence electrons. The summed E-state index contributed by atoms with van der Waals surface area (Å²) in [6, 6.07) is 5.08. The number of rotatable bonds is 0. The number of carbonyl (C=O) groups excluding carboxylic acids is 1. The number of hydrogen-bond donors (Lipinski definition) is 2. The molecule has 0 fully saturated rings. The summed E-state index contributed by atoms with van der Waals surface area (Å²) < 4.78 is 0.882. The molecular formula is C13H17BrN2O2. The second kappa shape index (κ2) is 4.33. The van der Waals surface area contributed by atoms with Gasteiger partial charge in [0.05, 0.1) is 17.7 Å². The summed E-state index contributed by atoms with van der Waals surface area (Å²) in [5, 5.41) is 10.3. The largest absolute Gasteiger partial charge is 0.389 e. The molecule has 3 N–H and O–H groups in total. The van der Waals surface area contributed by atoms with E-state index >= 15 is 0 Å². The third-order valence-corrected chi connectivity index (χ3v) is 4.04. The molecule has 0 radical (unpaired) electrons. The third-order valence-electron chi connectivity index (χ3n) is 3.54. The first-order chi connectivity index (χ1) is 8.26. The molecule has 0 aromatic heterocycles. The molecule has 0 spiro atoms. The second-order valence-electron chi connectivity index (χ2n) is 5.18. The maximum absolute atomic E-state index is 11.9. The zero-order chi connectivity index (χ0) is 13.7. The zero-order valence-corrected chi connectivity index (χ0v) is 12.2. The van der Waals surface area contributed by atoms with Gasteiger partial charge in [0.25, 0.3) is 0 Å². The lowest BCUT2D eigenvalue weighted by Crippen LogP contribution is -2.61. The van der Waals surface area contributed by atoms with Crippen LogP contribution in [-0.2, 0) is 4.79 Å². The number of halogens is 1. The van der Waals surface area contributed by atoms with E-state index in [0.29, 0.717) is 0 Å². The number of nitrogens with zero attached hydrogens (tertiary/aromatic N) is 1. The number of amides is 1. The molecule has 5 heteroatoms. The van der Waals surface area contributed by atoms with Crippen LogP contribution in [0.3, 0.4) is 0 Å². The number of anilines is 1. The van der Waals surface area contributed by atoms with Crippen molar-refractivity contribution in [3.63, 3.8) is 0 Å². The lowest BCUT2D eigenvalue weighted by atomic mass is 9.81. The van der Waals surface area contributed by atoms with Crippen molar-refractivity contribution in [1.82, 2.24) is 0 Å². The third kappa shape index (κ3) is 1.86. The van der Waals surface area contributed by atoms with Crippen molar-refractivity contribution < 1.29 is 9.90 Å². The number of aliphatic hydroxyl groups is 1. The first kappa shape index (κ1) is 13.5. The highest BCUT2D eigenvalue weighted by atomic mass is 79.9. The number of fused-ring (bicyclic) bond motifs is 1. The minimum absolute atomic E-state index is 0.102. The quantitative estimate of drug-likeness (QED) is 0.769.